The van der Waals surface area contributed by atoms with Gasteiger partial charge < -0.3 is 15.2 Å². The summed E-state index contributed by atoms with van der Waals surface area (Å²) in [6, 6.07) is -0.217. The average molecular weight is 472 g/mol. The second-order valence-corrected chi connectivity index (χ2v) is 10.8. The second kappa shape index (κ2) is 21.3. The number of carbonyl (C=O) groups is 1. The van der Waals surface area contributed by atoms with Crippen LogP contribution in [0.5, 0.6) is 0 Å². The topological polar surface area (TPSA) is 58.6 Å². The van der Waals surface area contributed by atoms with Crippen molar-refractivity contribution in [2.24, 2.45) is 0 Å². The molecular weight excluding hydrogens is 418 g/mol. The van der Waals surface area contributed by atoms with E-state index in [1.165, 1.54) is 89.9 Å². The van der Waals surface area contributed by atoms with Crippen LogP contribution >= 0.6 is 11.8 Å². The number of cyclic esters (lactones) is 1. The zero-order chi connectivity index (χ0) is 23.3. The maximum Gasteiger partial charge on any atom is 0.324 e. The fourth-order valence-corrected chi connectivity index (χ4v) is 5.42. The fraction of sp³-hybridized carbons (Fsp3) is 0.963. The van der Waals surface area contributed by atoms with Crippen LogP contribution in [0.3, 0.4) is 0 Å². The zero-order valence-corrected chi connectivity index (χ0v) is 22.1. The maximum absolute atomic E-state index is 12.3. The summed E-state index contributed by atoms with van der Waals surface area (Å²) in [5, 5.41) is 13.6. The average Bonchev–Trinajstić information content (AvgIpc) is 2.78. The van der Waals surface area contributed by atoms with Crippen LogP contribution in [0.2, 0.25) is 0 Å². The summed E-state index contributed by atoms with van der Waals surface area (Å²) in [6.45, 7) is 5.28. The Morgan fingerprint density at radius 2 is 1.41 bits per heavy atom. The van der Waals surface area contributed by atoms with E-state index in [9.17, 15) is 9.90 Å². The molecule has 0 aromatic rings. The number of nitrogens with one attached hydrogen (secondary N) is 1. The number of carbonyl (C=O) groups excluding carboxylic acids is 1. The van der Waals surface area contributed by atoms with Crippen LogP contribution < -0.4 is 5.32 Å². The molecule has 0 amide bonds. The van der Waals surface area contributed by atoms with Gasteiger partial charge in [0.15, 0.2) is 0 Å². The van der Waals surface area contributed by atoms with Crippen LogP contribution in [-0.2, 0) is 9.53 Å². The number of thioether (sulfide) groups is 1. The largest absolute Gasteiger partial charge is 0.460 e. The molecule has 0 aromatic heterocycles. The van der Waals surface area contributed by atoms with Crippen molar-refractivity contribution >= 4 is 17.7 Å². The van der Waals surface area contributed by atoms with Crippen molar-refractivity contribution in [2.75, 3.05) is 18.1 Å². The molecule has 0 saturated carbocycles. The molecule has 1 fully saturated rings. The molecular formula is C27H53NO3S. The zero-order valence-electron chi connectivity index (χ0n) is 21.3. The molecule has 0 bridgehead atoms. The molecule has 0 aromatic carbocycles. The third-order valence-electron chi connectivity index (χ3n) is 6.52. The normalized spacial score (nSPS) is 19.8. The molecule has 0 spiro atoms. The lowest BCUT2D eigenvalue weighted by atomic mass is 10.0. The molecule has 1 saturated heterocycles. The van der Waals surface area contributed by atoms with Gasteiger partial charge in [-0.3, -0.25) is 4.79 Å². The number of aliphatic hydroxyl groups is 1. The van der Waals surface area contributed by atoms with Crippen molar-refractivity contribution in [3.05, 3.63) is 0 Å². The minimum absolute atomic E-state index is 0.0383. The van der Waals surface area contributed by atoms with Crippen LogP contribution in [0.15, 0.2) is 0 Å². The van der Waals surface area contributed by atoms with Crippen LogP contribution in [0.1, 0.15) is 129 Å². The van der Waals surface area contributed by atoms with Crippen molar-refractivity contribution in [3.63, 3.8) is 0 Å². The molecule has 0 aliphatic carbocycles. The lowest BCUT2D eigenvalue weighted by molar-refractivity contribution is -0.155. The van der Waals surface area contributed by atoms with E-state index >= 15 is 0 Å². The molecule has 4 nitrogen and oxygen atoms in total. The number of esters is 1. The Hall–Kier alpha value is -0.260. The smallest absolute Gasteiger partial charge is 0.324 e. The Labute approximate surface area is 203 Å². The Kier molecular flexibility index (Phi) is 19.8. The minimum atomic E-state index is -0.255. The Balaban J connectivity index is 1.96. The van der Waals surface area contributed by atoms with E-state index < -0.39 is 0 Å². The van der Waals surface area contributed by atoms with Crippen LogP contribution in [0, 0.1) is 0 Å². The molecule has 32 heavy (non-hydrogen) atoms. The number of ether oxygens (including phenoxy) is 1. The Bertz CT molecular complexity index is 435. The van der Waals surface area contributed by atoms with E-state index in [0.717, 1.165) is 32.2 Å². The molecule has 3 unspecified atom stereocenters. The molecule has 1 aliphatic heterocycles. The maximum atomic E-state index is 12.3. The van der Waals surface area contributed by atoms with Gasteiger partial charge in [0.1, 0.15) is 12.1 Å². The van der Waals surface area contributed by atoms with Gasteiger partial charge in [-0.25, -0.2) is 0 Å². The van der Waals surface area contributed by atoms with Crippen LogP contribution in [0.25, 0.3) is 0 Å². The summed E-state index contributed by atoms with van der Waals surface area (Å²) in [6.07, 6.45) is 22.4. The van der Waals surface area contributed by atoms with Gasteiger partial charge in [-0.05, 0) is 19.3 Å². The fourth-order valence-electron chi connectivity index (χ4n) is 4.36. The van der Waals surface area contributed by atoms with Gasteiger partial charge in [0.2, 0.25) is 0 Å². The molecule has 0 radical (unpaired) electrons. The minimum Gasteiger partial charge on any atom is -0.460 e. The highest BCUT2D eigenvalue weighted by atomic mass is 32.2. The van der Waals surface area contributed by atoms with Gasteiger partial charge in [0.05, 0.1) is 6.10 Å². The first-order valence-corrected chi connectivity index (χ1v) is 15.0. The predicted molar refractivity (Wildman–Crippen MR) is 139 cm³/mol. The van der Waals surface area contributed by atoms with Crippen molar-refractivity contribution in [3.8, 4) is 0 Å². The quantitative estimate of drug-likeness (QED) is 0.131. The summed E-state index contributed by atoms with van der Waals surface area (Å²) >= 11 is 1.67. The summed E-state index contributed by atoms with van der Waals surface area (Å²) < 4.78 is 5.67. The standard InChI is InChI=1S/C27H53NO3S/c1-3-5-7-9-11-13-15-17-19-24(29)22-32-23-26-27(30)31-25(21-28-26)20-18-16-14-12-10-8-6-4-2/h24-26,28-29H,3-23H2,1-2H3. The van der Waals surface area contributed by atoms with Crippen LogP contribution in [0.4, 0.5) is 0 Å². The Morgan fingerprint density at radius 1 is 0.875 bits per heavy atom. The summed E-state index contributed by atoms with van der Waals surface area (Å²) in [4.78, 5) is 12.3. The number of aliphatic hydroxyl groups excluding tert-OH is 1. The number of hydrogen-bond donors (Lipinski definition) is 2. The van der Waals surface area contributed by atoms with Crippen molar-refractivity contribution in [2.45, 2.75) is 148 Å². The van der Waals surface area contributed by atoms with Gasteiger partial charge in [0.25, 0.3) is 0 Å². The first kappa shape index (κ1) is 29.8. The highest BCUT2D eigenvalue weighted by molar-refractivity contribution is 7.99. The van der Waals surface area contributed by atoms with Crippen molar-refractivity contribution in [1.29, 1.82) is 0 Å². The molecule has 3 atom stereocenters. The summed E-state index contributed by atoms with van der Waals surface area (Å²) in [5.74, 6) is 1.30. The Morgan fingerprint density at radius 3 is 1.97 bits per heavy atom. The number of rotatable bonds is 22. The second-order valence-electron chi connectivity index (χ2n) is 9.74. The lowest BCUT2D eigenvalue weighted by Gasteiger charge is -2.29. The molecule has 5 heteroatoms. The highest BCUT2D eigenvalue weighted by Gasteiger charge is 2.29. The molecule has 1 aliphatic rings. The van der Waals surface area contributed by atoms with E-state index in [1.807, 2.05) is 0 Å². The van der Waals surface area contributed by atoms with E-state index in [2.05, 4.69) is 19.2 Å². The first-order valence-electron chi connectivity index (χ1n) is 13.9. The van der Waals surface area contributed by atoms with Gasteiger partial charge in [-0.1, -0.05) is 110 Å². The number of hydrogen-bond acceptors (Lipinski definition) is 5. The summed E-state index contributed by atoms with van der Waals surface area (Å²) in [5.41, 5.74) is 0. The van der Waals surface area contributed by atoms with Crippen LogP contribution in [-0.4, -0.2) is 47.4 Å². The van der Waals surface area contributed by atoms with E-state index in [1.54, 1.807) is 11.8 Å². The van der Waals surface area contributed by atoms with Crippen molar-refractivity contribution < 1.29 is 14.6 Å². The van der Waals surface area contributed by atoms with E-state index in [0.29, 0.717) is 11.5 Å². The third kappa shape index (κ3) is 16.4. The van der Waals surface area contributed by atoms with E-state index in [4.69, 9.17) is 4.74 Å². The highest BCUT2D eigenvalue weighted by Crippen LogP contribution is 2.17. The molecule has 1 heterocycles. The first-order chi connectivity index (χ1) is 15.7. The van der Waals surface area contributed by atoms with Gasteiger partial charge in [-0.2, -0.15) is 11.8 Å². The van der Waals surface area contributed by atoms with Gasteiger partial charge >= 0.3 is 5.97 Å². The van der Waals surface area contributed by atoms with E-state index in [-0.39, 0.29) is 24.2 Å². The third-order valence-corrected chi connectivity index (χ3v) is 7.71. The van der Waals surface area contributed by atoms with Gasteiger partial charge in [-0.15, -0.1) is 0 Å². The molecule has 190 valence electrons. The number of morpholine rings is 1. The van der Waals surface area contributed by atoms with Crippen molar-refractivity contribution in [1.82, 2.24) is 5.32 Å². The lowest BCUT2D eigenvalue weighted by Crippen LogP contribution is -2.51. The number of unbranched alkanes of at least 4 members (excludes halogenated alkanes) is 14. The molecule has 2 N–H and O–H groups in total. The molecule has 1 rings (SSSR count). The predicted octanol–water partition coefficient (Wildman–Crippen LogP) is 7.03. The van der Waals surface area contributed by atoms with Gasteiger partial charge in [0, 0.05) is 18.1 Å². The monoisotopic (exact) mass is 471 g/mol. The summed E-state index contributed by atoms with van der Waals surface area (Å²) in [7, 11) is 0. The SMILES string of the molecule is CCCCCCCCCCC(O)CSCC1NCC(CCCCCCCCCC)OC1=O.